The van der Waals surface area contributed by atoms with Crippen LogP contribution in [0.15, 0.2) is 20.4 Å². The summed E-state index contributed by atoms with van der Waals surface area (Å²) >= 11 is 0. The zero-order chi connectivity index (χ0) is 17.5. The Morgan fingerprint density at radius 3 is 1.30 bits per heavy atom. The minimum atomic E-state index is 0.287. The monoisotopic (exact) mass is 324 g/mol. The SMILES string of the molecule is CC/C(C)=N/N=C(\C)CCOCOCC/C(C)=N/N=C(\C)CC. The second-order valence-electron chi connectivity index (χ2n) is 5.48. The van der Waals surface area contributed by atoms with E-state index in [1.165, 1.54) is 0 Å². The van der Waals surface area contributed by atoms with Crippen molar-refractivity contribution in [2.45, 2.75) is 67.2 Å². The van der Waals surface area contributed by atoms with E-state index in [0.717, 1.165) is 48.5 Å². The van der Waals surface area contributed by atoms with E-state index in [-0.39, 0.29) is 6.79 Å². The molecule has 0 spiro atoms. The standard InChI is InChI=1S/C17H32N4O2/c1-7-14(3)18-20-16(5)9-11-22-13-23-12-10-17(6)21-19-15(4)8-2/h7-13H2,1-6H3/b18-14+,19-15+,20-16+,21-17+. The molecule has 0 saturated heterocycles. The minimum absolute atomic E-state index is 0.287. The van der Waals surface area contributed by atoms with Gasteiger partial charge in [-0.05, 0) is 40.5 Å². The molecule has 6 heteroatoms. The number of nitrogens with zero attached hydrogens (tertiary/aromatic N) is 4. The van der Waals surface area contributed by atoms with Gasteiger partial charge in [0.2, 0.25) is 0 Å². The molecule has 0 rings (SSSR count). The molecule has 6 nitrogen and oxygen atoms in total. The fourth-order valence-corrected chi connectivity index (χ4v) is 1.20. The van der Waals surface area contributed by atoms with Gasteiger partial charge in [0, 0.05) is 35.7 Å². The van der Waals surface area contributed by atoms with Crippen molar-refractivity contribution in [3.05, 3.63) is 0 Å². The fraction of sp³-hybridized carbons (Fsp3) is 0.765. The van der Waals surface area contributed by atoms with Crippen molar-refractivity contribution in [1.82, 2.24) is 0 Å². The molecule has 0 aromatic rings. The maximum atomic E-state index is 5.42. The molecule has 0 aromatic carbocycles. The summed E-state index contributed by atoms with van der Waals surface area (Å²) in [6.07, 6.45) is 3.37. The molecule has 132 valence electrons. The largest absolute Gasteiger partial charge is 0.355 e. The Morgan fingerprint density at radius 1 is 0.609 bits per heavy atom. The first-order valence-electron chi connectivity index (χ1n) is 8.28. The maximum Gasteiger partial charge on any atom is 0.146 e. The highest BCUT2D eigenvalue weighted by Crippen LogP contribution is 1.94. The topological polar surface area (TPSA) is 67.9 Å². The molecule has 0 unspecified atom stereocenters. The lowest BCUT2D eigenvalue weighted by Gasteiger charge is -2.05. The van der Waals surface area contributed by atoms with Crippen LogP contribution < -0.4 is 0 Å². The van der Waals surface area contributed by atoms with Crippen LogP contribution in [0.1, 0.15) is 67.2 Å². The van der Waals surface area contributed by atoms with E-state index >= 15 is 0 Å². The highest BCUT2D eigenvalue weighted by atomic mass is 16.7. The molecule has 0 amide bonds. The van der Waals surface area contributed by atoms with Crippen molar-refractivity contribution in [1.29, 1.82) is 0 Å². The highest BCUT2D eigenvalue weighted by Gasteiger charge is 1.96. The minimum Gasteiger partial charge on any atom is -0.355 e. The van der Waals surface area contributed by atoms with Gasteiger partial charge in [-0.3, -0.25) is 0 Å². The molecule has 0 aromatic heterocycles. The zero-order valence-electron chi connectivity index (χ0n) is 15.6. The van der Waals surface area contributed by atoms with Gasteiger partial charge in [-0.2, -0.15) is 20.4 Å². The molecule has 0 heterocycles. The third-order valence-corrected chi connectivity index (χ3v) is 3.19. The Labute approximate surface area is 140 Å². The first kappa shape index (κ1) is 21.6. The predicted octanol–water partition coefficient (Wildman–Crippen LogP) is 4.25. The number of hydrogen-bond acceptors (Lipinski definition) is 6. The molecule has 0 fully saturated rings. The Balaban J connectivity index is 3.71. The van der Waals surface area contributed by atoms with Crippen LogP contribution in [-0.4, -0.2) is 42.9 Å². The van der Waals surface area contributed by atoms with Crippen LogP contribution in [0.2, 0.25) is 0 Å². The van der Waals surface area contributed by atoms with Gasteiger partial charge in [-0.15, -0.1) is 0 Å². The molecular formula is C17H32N4O2. The number of rotatable bonds is 12. The van der Waals surface area contributed by atoms with Crippen molar-refractivity contribution in [3.63, 3.8) is 0 Å². The van der Waals surface area contributed by atoms with Crippen LogP contribution in [0, 0.1) is 0 Å². The molecule has 0 N–H and O–H groups in total. The lowest BCUT2D eigenvalue weighted by atomic mass is 10.3. The summed E-state index contributed by atoms with van der Waals surface area (Å²) in [4.78, 5) is 0. The van der Waals surface area contributed by atoms with E-state index in [1.54, 1.807) is 0 Å². The van der Waals surface area contributed by atoms with Crippen LogP contribution in [0.25, 0.3) is 0 Å². The summed E-state index contributed by atoms with van der Waals surface area (Å²) in [5.41, 5.74) is 3.99. The molecule has 0 bridgehead atoms. The zero-order valence-corrected chi connectivity index (χ0v) is 15.6. The summed E-state index contributed by atoms with van der Waals surface area (Å²) in [5.74, 6) is 0. The third kappa shape index (κ3) is 14.0. The average Bonchev–Trinajstić information content (AvgIpc) is 2.56. The van der Waals surface area contributed by atoms with Crippen LogP contribution in [0.3, 0.4) is 0 Å². The lowest BCUT2D eigenvalue weighted by Crippen LogP contribution is -2.07. The Hall–Kier alpha value is -1.40. The van der Waals surface area contributed by atoms with E-state index in [9.17, 15) is 0 Å². The van der Waals surface area contributed by atoms with Gasteiger partial charge in [0.05, 0.1) is 13.2 Å². The molecule has 0 atom stereocenters. The normalized spacial score (nSPS) is 14.5. The van der Waals surface area contributed by atoms with Gasteiger partial charge in [-0.1, -0.05) is 13.8 Å². The van der Waals surface area contributed by atoms with Crippen molar-refractivity contribution >= 4 is 22.8 Å². The lowest BCUT2D eigenvalue weighted by molar-refractivity contribution is -0.0491. The molecular weight excluding hydrogens is 292 g/mol. The summed E-state index contributed by atoms with van der Waals surface area (Å²) in [6, 6.07) is 0. The fourth-order valence-electron chi connectivity index (χ4n) is 1.20. The Kier molecular flexibility index (Phi) is 13.3. The molecule has 0 saturated carbocycles. The maximum absolute atomic E-state index is 5.42. The van der Waals surface area contributed by atoms with E-state index in [0.29, 0.717) is 13.2 Å². The van der Waals surface area contributed by atoms with Crippen molar-refractivity contribution in [3.8, 4) is 0 Å². The van der Waals surface area contributed by atoms with Crippen LogP contribution >= 0.6 is 0 Å². The van der Waals surface area contributed by atoms with E-state index in [2.05, 4.69) is 34.3 Å². The summed E-state index contributed by atoms with van der Waals surface area (Å²) in [6.45, 7) is 13.4. The van der Waals surface area contributed by atoms with Gasteiger partial charge < -0.3 is 9.47 Å². The first-order chi connectivity index (χ1) is 11.0. The van der Waals surface area contributed by atoms with Gasteiger partial charge in [0.25, 0.3) is 0 Å². The summed E-state index contributed by atoms with van der Waals surface area (Å²) in [5, 5.41) is 16.5. The third-order valence-electron chi connectivity index (χ3n) is 3.19. The molecule has 23 heavy (non-hydrogen) atoms. The smallest absolute Gasteiger partial charge is 0.146 e. The van der Waals surface area contributed by atoms with Crippen molar-refractivity contribution in [2.24, 2.45) is 20.4 Å². The van der Waals surface area contributed by atoms with Crippen LogP contribution in [0.5, 0.6) is 0 Å². The van der Waals surface area contributed by atoms with Gasteiger partial charge in [0.15, 0.2) is 0 Å². The number of hydrogen-bond donors (Lipinski definition) is 0. The van der Waals surface area contributed by atoms with Crippen molar-refractivity contribution < 1.29 is 9.47 Å². The van der Waals surface area contributed by atoms with E-state index < -0.39 is 0 Å². The van der Waals surface area contributed by atoms with E-state index in [1.807, 2.05) is 27.7 Å². The first-order valence-corrected chi connectivity index (χ1v) is 8.28. The van der Waals surface area contributed by atoms with Crippen LogP contribution in [0.4, 0.5) is 0 Å². The van der Waals surface area contributed by atoms with E-state index in [4.69, 9.17) is 9.47 Å². The average molecular weight is 324 g/mol. The molecule has 0 aliphatic heterocycles. The van der Waals surface area contributed by atoms with Crippen LogP contribution in [-0.2, 0) is 9.47 Å². The second-order valence-corrected chi connectivity index (χ2v) is 5.48. The van der Waals surface area contributed by atoms with Gasteiger partial charge in [-0.25, -0.2) is 0 Å². The predicted molar refractivity (Wildman–Crippen MR) is 99.0 cm³/mol. The Morgan fingerprint density at radius 2 is 0.957 bits per heavy atom. The Bertz CT molecular complexity index is 400. The van der Waals surface area contributed by atoms with Gasteiger partial charge in [0.1, 0.15) is 6.79 Å². The second kappa shape index (κ2) is 14.2. The summed E-state index contributed by atoms with van der Waals surface area (Å²) < 4.78 is 10.8. The molecule has 0 aliphatic rings. The van der Waals surface area contributed by atoms with Gasteiger partial charge >= 0.3 is 0 Å². The molecule has 0 aliphatic carbocycles. The highest BCUT2D eigenvalue weighted by molar-refractivity contribution is 5.86. The quantitative estimate of drug-likeness (QED) is 0.233. The molecule has 0 radical (unpaired) electrons. The number of ether oxygens (including phenoxy) is 2. The summed E-state index contributed by atoms with van der Waals surface area (Å²) in [7, 11) is 0. The van der Waals surface area contributed by atoms with Crippen molar-refractivity contribution in [2.75, 3.05) is 20.0 Å².